The van der Waals surface area contributed by atoms with Gasteiger partial charge in [0.1, 0.15) is 0 Å². The Balaban J connectivity index is 1.71. The van der Waals surface area contributed by atoms with E-state index in [0.717, 1.165) is 35.9 Å². The smallest absolute Gasteiger partial charge is 0.0967 e. The molecule has 0 saturated carbocycles. The van der Waals surface area contributed by atoms with Gasteiger partial charge in [-0.15, -0.1) is 0 Å². The minimum Gasteiger partial charge on any atom is -0.348 e. The third-order valence-corrected chi connectivity index (χ3v) is 4.47. The molecular weight excluding hydrogens is 312 g/mol. The number of aromatic amines is 1. The molecule has 6 nitrogen and oxygen atoms in total. The SMILES string of the molecule is Cn1ncc(CN2CCc3[nH]cnc3C2c2ccc(Cl)cc2)n1. The van der Waals surface area contributed by atoms with Gasteiger partial charge in [0, 0.05) is 37.3 Å². The van der Waals surface area contributed by atoms with Crippen LogP contribution >= 0.6 is 11.6 Å². The molecule has 0 radical (unpaired) electrons. The largest absolute Gasteiger partial charge is 0.348 e. The van der Waals surface area contributed by atoms with Gasteiger partial charge in [0.25, 0.3) is 0 Å². The second-order valence-corrected chi connectivity index (χ2v) is 6.20. The quantitative estimate of drug-likeness (QED) is 0.801. The van der Waals surface area contributed by atoms with Crippen LogP contribution < -0.4 is 0 Å². The first-order valence-electron chi connectivity index (χ1n) is 7.57. The summed E-state index contributed by atoms with van der Waals surface area (Å²) >= 11 is 6.04. The number of aromatic nitrogens is 5. The number of hydrogen-bond acceptors (Lipinski definition) is 4. The number of halogens is 1. The Morgan fingerprint density at radius 2 is 2.13 bits per heavy atom. The van der Waals surface area contributed by atoms with E-state index in [2.05, 4.69) is 37.2 Å². The lowest BCUT2D eigenvalue weighted by Gasteiger charge is -2.34. The van der Waals surface area contributed by atoms with Gasteiger partial charge < -0.3 is 4.98 Å². The molecule has 4 rings (SSSR count). The van der Waals surface area contributed by atoms with Crippen molar-refractivity contribution in [2.45, 2.75) is 19.0 Å². The molecule has 0 saturated heterocycles. The number of nitrogens with zero attached hydrogens (tertiary/aromatic N) is 5. The molecule has 1 aliphatic heterocycles. The molecule has 3 heterocycles. The second-order valence-electron chi connectivity index (χ2n) is 5.77. The first kappa shape index (κ1) is 14.4. The van der Waals surface area contributed by atoms with E-state index in [1.165, 1.54) is 11.3 Å². The highest BCUT2D eigenvalue weighted by Crippen LogP contribution is 2.34. The summed E-state index contributed by atoms with van der Waals surface area (Å²) in [7, 11) is 1.84. The van der Waals surface area contributed by atoms with Crippen molar-refractivity contribution < 1.29 is 0 Å². The maximum Gasteiger partial charge on any atom is 0.0967 e. The van der Waals surface area contributed by atoms with Crippen molar-refractivity contribution in [3.8, 4) is 0 Å². The number of rotatable bonds is 3. The van der Waals surface area contributed by atoms with Gasteiger partial charge in [0.2, 0.25) is 0 Å². The van der Waals surface area contributed by atoms with Gasteiger partial charge in [-0.05, 0) is 17.7 Å². The predicted octanol–water partition coefficient (Wildman–Crippen LogP) is 2.34. The summed E-state index contributed by atoms with van der Waals surface area (Å²) in [6.45, 7) is 1.69. The van der Waals surface area contributed by atoms with Crippen molar-refractivity contribution in [1.29, 1.82) is 0 Å². The Labute approximate surface area is 139 Å². The van der Waals surface area contributed by atoms with Crippen LogP contribution in [0, 0.1) is 0 Å². The molecule has 0 aliphatic carbocycles. The van der Waals surface area contributed by atoms with Crippen LogP contribution in [0.15, 0.2) is 36.8 Å². The summed E-state index contributed by atoms with van der Waals surface area (Å²) in [5.74, 6) is 0. The van der Waals surface area contributed by atoms with Gasteiger partial charge in [-0.3, -0.25) is 4.90 Å². The molecule has 1 unspecified atom stereocenters. The van der Waals surface area contributed by atoms with Crippen LogP contribution in [-0.4, -0.2) is 36.4 Å². The lowest BCUT2D eigenvalue weighted by molar-refractivity contribution is 0.197. The van der Waals surface area contributed by atoms with Gasteiger partial charge >= 0.3 is 0 Å². The minimum absolute atomic E-state index is 0.101. The molecule has 1 aliphatic rings. The predicted molar refractivity (Wildman–Crippen MR) is 87.0 cm³/mol. The summed E-state index contributed by atoms with van der Waals surface area (Å²) in [6, 6.07) is 8.10. The maximum atomic E-state index is 6.04. The number of hydrogen-bond donors (Lipinski definition) is 1. The summed E-state index contributed by atoms with van der Waals surface area (Å²) in [4.78, 5) is 11.8. The van der Waals surface area contributed by atoms with E-state index in [9.17, 15) is 0 Å². The molecule has 0 bridgehead atoms. The van der Waals surface area contributed by atoms with Gasteiger partial charge in [-0.25, -0.2) is 4.98 Å². The zero-order valence-electron chi connectivity index (χ0n) is 12.8. The van der Waals surface area contributed by atoms with E-state index in [1.807, 2.05) is 25.4 Å². The Hall–Kier alpha value is -2.18. The summed E-state index contributed by atoms with van der Waals surface area (Å²) in [6.07, 6.45) is 4.55. The first-order chi connectivity index (χ1) is 11.2. The van der Waals surface area contributed by atoms with Gasteiger partial charge in [-0.1, -0.05) is 23.7 Å². The molecule has 0 fully saturated rings. The van der Waals surface area contributed by atoms with Crippen molar-refractivity contribution in [2.24, 2.45) is 7.05 Å². The normalized spacial score (nSPS) is 18.1. The van der Waals surface area contributed by atoms with Crippen LogP contribution in [0.25, 0.3) is 0 Å². The zero-order valence-corrected chi connectivity index (χ0v) is 13.5. The zero-order chi connectivity index (χ0) is 15.8. The Morgan fingerprint density at radius 3 is 2.87 bits per heavy atom. The average molecular weight is 329 g/mol. The second kappa shape index (κ2) is 5.79. The van der Waals surface area contributed by atoms with Crippen LogP contribution in [0.1, 0.15) is 28.7 Å². The van der Waals surface area contributed by atoms with E-state index in [4.69, 9.17) is 11.6 Å². The van der Waals surface area contributed by atoms with E-state index >= 15 is 0 Å². The molecule has 118 valence electrons. The standard InChI is InChI=1S/C16H17ClN6/c1-22-20-8-13(21-22)9-23-7-6-14-15(19-10-18-14)16(23)11-2-4-12(17)5-3-11/h2-5,8,10,16H,6-7,9H2,1H3,(H,18,19). The highest BCUT2D eigenvalue weighted by atomic mass is 35.5. The number of fused-ring (bicyclic) bond motifs is 1. The molecule has 7 heteroatoms. The monoisotopic (exact) mass is 328 g/mol. The molecule has 1 atom stereocenters. The Kier molecular flexibility index (Phi) is 3.63. The van der Waals surface area contributed by atoms with E-state index < -0.39 is 0 Å². The lowest BCUT2D eigenvalue weighted by Crippen LogP contribution is -2.36. The van der Waals surface area contributed by atoms with Gasteiger partial charge in [0.05, 0.1) is 30.0 Å². The molecular formula is C16H17ClN6. The molecule has 23 heavy (non-hydrogen) atoms. The maximum absolute atomic E-state index is 6.04. The molecule has 1 N–H and O–H groups in total. The summed E-state index contributed by atoms with van der Waals surface area (Å²) in [5.41, 5.74) is 4.44. The lowest BCUT2D eigenvalue weighted by atomic mass is 9.95. The van der Waals surface area contributed by atoms with Gasteiger partial charge in [0.15, 0.2) is 0 Å². The Bertz CT molecular complexity index is 806. The van der Waals surface area contributed by atoms with Crippen LogP contribution in [0.3, 0.4) is 0 Å². The van der Waals surface area contributed by atoms with Crippen molar-refractivity contribution in [2.75, 3.05) is 6.54 Å². The van der Waals surface area contributed by atoms with Crippen molar-refractivity contribution >= 4 is 11.6 Å². The third-order valence-electron chi connectivity index (χ3n) is 4.22. The van der Waals surface area contributed by atoms with E-state index in [1.54, 1.807) is 11.1 Å². The topological polar surface area (TPSA) is 62.6 Å². The van der Waals surface area contributed by atoms with Gasteiger partial charge in [-0.2, -0.15) is 15.0 Å². The van der Waals surface area contributed by atoms with Crippen LogP contribution in [-0.2, 0) is 20.0 Å². The summed E-state index contributed by atoms with van der Waals surface area (Å²) < 4.78 is 0. The number of aryl methyl sites for hydroxylation is 1. The fourth-order valence-electron chi connectivity index (χ4n) is 3.18. The molecule has 1 aromatic carbocycles. The third kappa shape index (κ3) is 2.75. The molecule has 2 aromatic heterocycles. The Morgan fingerprint density at radius 1 is 1.30 bits per heavy atom. The number of H-pyrrole nitrogens is 1. The summed E-state index contributed by atoms with van der Waals surface area (Å²) in [5, 5.41) is 9.31. The fourth-order valence-corrected chi connectivity index (χ4v) is 3.30. The van der Waals surface area contributed by atoms with Crippen molar-refractivity contribution in [3.05, 3.63) is 64.5 Å². The number of imidazole rings is 1. The molecule has 0 spiro atoms. The first-order valence-corrected chi connectivity index (χ1v) is 7.95. The molecule has 0 amide bonds. The van der Waals surface area contributed by atoms with Crippen LogP contribution in [0.5, 0.6) is 0 Å². The number of benzene rings is 1. The fraction of sp³-hybridized carbons (Fsp3) is 0.312. The highest BCUT2D eigenvalue weighted by Gasteiger charge is 2.31. The van der Waals surface area contributed by atoms with Crippen LogP contribution in [0.2, 0.25) is 5.02 Å². The van der Waals surface area contributed by atoms with E-state index in [0.29, 0.717) is 0 Å². The molecule has 3 aromatic rings. The van der Waals surface area contributed by atoms with E-state index in [-0.39, 0.29) is 6.04 Å². The van der Waals surface area contributed by atoms with Crippen LogP contribution in [0.4, 0.5) is 0 Å². The average Bonchev–Trinajstić information content (AvgIpc) is 3.17. The van der Waals surface area contributed by atoms with Crippen molar-refractivity contribution in [3.63, 3.8) is 0 Å². The number of nitrogens with one attached hydrogen (secondary N) is 1. The highest BCUT2D eigenvalue weighted by molar-refractivity contribution is 6.30. The van der Waals surface area contributed by atoms with Crippen molar-refractivity contribution in [1.82, 2.24) is 29.9 Å². The minimum atomic E-state index is 0.101.